The fourth-order valence-corrected chi connectivity index (χ4v) is 2.35. The van der Waals surface area contributed by atoms with E-state index in [1.807, 2.05) is 35.0 Å². The summed E-state index contributed by atoms with van der Waals surface area (Å²) in [4.78, 5) is 15.7. The highest BCUT2D eigenvalue weighted by molar-refractivity contribution is 7.92. The summed E-state index contributed by atoms with van der Waals surface area (Å²) in [7, 11) is -3.36. The Morgan fingerprint density at radius 2 is 1.91 bits per heavy atom. The Labute approximate surface area is 130 Å². The minimum absolute atomic E-state index is 0.310. The molecule has 0 saturated heterocycles. The summed E-state index contributed by atoms with van der Waals surface area (Å²) in [6, 6.07) is 7.78. The van der Waals surface area contributed by atoms with Crippen LogP contribution in [0.3, 0.4) is 0 Å². The number of amides is 1. The van der Waals surface area contributed by atoms with Crippen molar-refractivity contribution in [2.45, 2.75) is 25.3 Å². The molecular formula is C15H19N3O3S. The maximum Gasteiger partial charge on any atom is 0.238 e. The highest BCUT2D eigenvalue weighted by Crippen LogP contribution is 2.07. The van der Waals surface area contributed by atoms with E-state index in [1.54, 1.807) is 12.5 Å². The van der Waals surface area contributed by atoms with Gasteiger partial charge in [-0.3, -0.25) is 4.79 Å². The van der Waals surface area contributed by atoms with E-state index in [0.29, 0.717) is 6.54 Å². The molecule has 2 rings (SSSR count). The van der Waals surface area contributed by atoms with Crippen LogP contribution in [0.15, 0.2) is 43.0 Å². The maximum atomic E-state index is 11.7. The number of rotatable bonds is 6. The van der Waals surface area contributed by atoms with Gasteiger partial charge < -0.3 is 9.88 Å². The van der Waals surface area contributed by atoms with E-state index in [2.05, 4.69) is 10.3 Å². The van der Waals surface area contributed by atoms with Crippen molar-refractivity contribution in [1.29, 1.82) is 0 Å². The van der Waals surface area contributed by atoms with Gasteiger partial charge in [-0.2, -0.15) is 0 Å². The molecule has 2 aromatic rings. The van der Waals surface area contributed by atoms with Gasteiger partial charge in [0, 0.05) is 31.7 Å². The number of nitrogens with one attached hydrogen (secondary N) is 1. The second-order valence-corrected chi connectivity index (χ2v) is 7.61. The molecule has 1 atom stereocenters. The lowest BCUT2D eigenvalue weighted by Crippen LogP contribution is -2.36. The molecule has 0 saturated carbocycles. The highest BCUT2D eigenvalue weighted by Gasteiger charge is 2.22. The number of aromatic nitrogens is 2. The first-order chi connectivity index (χ1) is 10.4. The Morgan fingerprint density at radius 1 is 1.27 bits per heavy atom. The van der Waals surface area contributed by atoms with Gasteiger partial charge in [0.1, 0.15) is 5.25 Å². The summed E-state index contributed by atoms with van der Waals surface area (Å²) in [5.41, 5.74) is 2.04. The first-order valence-electron chi connectivity index (χ1n) is 6.86. The van der Waals surface area contributed by atoms with Crippen LogP contribution >= 0.6 is 0 Å². The molecule has 0 unspecified atom stereocenters. The van der Waals surface area contributed by atoms with E-state index < -0.39 is 21.0 Å². The zero-order chi connectivity index (χ0) is 16.2. The van der Waals surface area contributed by atoms with Crippen LogP contribution in [-0.2, 0) is 27.7 Å². The average molecular weight is 321 g/mol. The average Bonchev–Trinajstić information content (AvgIpc) is 2.97. The minimum atomic E-state index is -3.36. The number of hydrogen-bond donors (Lipinski definition) is 1. The molecule has 22 heavy (non-hydrogen) atoms. The second kappa shape index (κ2) is 6.74. The monoisotopic (exact) mass is 321 g/mol. The van der Waals surface area contributed by atoms with E-state index in [9.17, 15) is 13.2 Å². The van der Waals surface area contributed by atoms with E-state index in [4.69, 9.17) is 0 Å². The van der Waals surface area contributed by atoms with Gasteiger partial charge in [0.25, 0.3) is 0 Å². The number of sulfone groups is 1. The third kappa shape index (κ3) is 4.42. The van der Waals surface area contributed by atoms with E-state index in [1.165, 1.54) is 6.92 Å². The summed E-state index contributed by atoms with van der Waals surface area (Å²) in [6.07, 6.45) is 6.43. The number of imidazole rings is 1. The Morgan fingerprint density at radius 3 is 2.45 bits per heavy atom. The van der Waals surface area contributed by atoms with Crippen LogP contribution in [0, 0.1) is 0 Å². The normalized spacial score (nSPS) is 12.8. The molecule has 6 nitrogen and oxygen atoms in total. The van der Waals surface area contributed by atoms with Crippen LogP contribution in [0.2, 0.25) is 0 Å². The van der Waals surface area contributed by atoms with Gasteiger partial charge in [0.05, 0.1) is 6.33 Å². The van der Waals surface area contributed by atoms with Crippen molar-refractivity contribution >= 4 is 15.7 Å². The van der Waals surface area contributed by atoms with Crippen LogP contribution < -0.4 is 5.32 Å². The first kappa shape index (κ1) is 16.2. The zero-order valence-electron chi connectivity index (χ0n) is 12.6. The lowest BCUT2D eigenvalue weighted by atomic mass is 10.1. The van der Waals surface area contributed by atoms with Crippen molar-refractivity contribution in [3.8, 4) is 0 Å². The molecule has 0 aliphatic rings. The van der Waals surface area contributed by atoms with Gasteiger partial charge in [-0.25, -0.2) is 13.4 Å². The molecule has 0 fully saturated rings. The van der Waals surface area contributed by atoms with Gasteiger partial charge in [0.15, 0.2) is 9.84 Å². The molecule has 1 aromatic heterocycles. The lowest BCUT2D eigenvalue weighted by Gasteiger charge is -2.11. The van der Waals surface area contributed by atoms with Crippen molar-refractivity contribution < 1.29 is 13.2 Å². The molecule has 118 valence electrons. The van der Waals surface area contributed by atoms with Gasteiger partial charge in [0.2, 0.25) is 5.91 Å². The van der Waals surface area contributed by atoms with Crippen LogP contribution in [0.4, 0.5) is 0 Å². The predicted molar refractivity (Wildman–Crippen MR) is 83.9 cm³/mol. The fourth-order valence-electron chi connectivity index (χ4n) is 1.88. The molecule has 1 aromatic carbocycles. The quantitative estimate of drug-likeness (QED) is 0.860. The molecule has 0 bridgehead atoms. The molecule has 1 N–H and O–H groups in total. The molecule has 1 amide bonds. The van der Waals surface area contributed by atoms with E-state index >= 15 is 0 Å². The summed E-state index contributed by atoms with van der Waals surface area (Å²) < 4.78 is 24.6. The van der Waals surface area contributed by atoms with Crippen molar-refractivity contribution in [2.24, 2.45) is 0 Å². The molecule has 0 radical (unpaired) electrons. The molecule has 0 spiro atoms. The number of nitrogens with zero attached hydrogens (tertiary/aromatic N) is 2. The Kier molecular flexibility index (Phi) is 4.97. The van der Waals surface area contributed by atoms with E-state index in [-0.39, 0.29) is 0 Å². The van der Waals surface area contributed by atoms with Gasteiger partial charge in [-0.05, 0) is 18.1 Å². The van der Waals surface area contributed by atoms with Gasteiger partial charge in [-0.1, -0.05) is 24.3 Å². The predicted octanol–water partition coefficient (Wildman–Crippen LogP) is 0.981. The van der Waals surface area contributed by atoms with E-state index in [0.717, 1.165) is 23.9 Å². The summed E-state index contributed by atoms with van der Waals surface area (Å²) >= 11 is 0. The Balaban J connectivity index is 1.90. The topological polar surface area (TPSA) is 81.1 Å². The largest absolute Gasteiger partial charge is 0.351 e. The lowest BCUT2D eigenvalue weighted by molar-refractivity contribution is -0.120. The van der Waals surface area contributed by atoms with Gasteiger partial charge in [-0.15, -0.1) is 0 Å². The highest BCUT2D eigenvalue weighted by atomic mass is 32.2. The van der Waals surface area contributed by atoms with Crippen molar-refractivity contribution in [1.82, 2.24) is 14.9 Å². The number of benzene rings is 1. The van der Waals surface area contributed by atoms with Crippen molar-refractivity contribution in [2.75, 3.05) is 6.26 Å². The molecule has 0 aliphatic carbocycles. The SMILES string of the molecule is C[C@H](C(=O)NCc1ccc(Cn2ccnc2)cc1)S(C)(=O)=O. The molecule has 1 heterocycles. The second-order valence-electron chi connectivity index (χ2n) is 5.24. The smallest absolute Gasteiger partial charge is 0.238 e. The molecular weight excluding hydrogens is 302 g/mol. The third-order valence-electron chi connectivity index (χ3n) is 3.43. The minimum Gasteiger partial charge on any atom is -0.351 e. The summed E-state index contributed by atoms with van der Waals surface area (Å²) in [6.45, 7) is 2.43. The van der Waals surface area contributed by atoms with Crippen molar-refractivity contribution in [3.63, 3.8) is 0 Å². The van der Waals surface area contributed by atoms with Crippen LogP contribution in [-0.4, -0.2) is 35.4 Å². The first-order valence-corrected chi connectivity index (χ1v) is 8.82. The number of hydrogen-bond acceptors (Lipinski definition) is 4. The summed E-state index contributed by atoms with van der Waals surface area (Å²) in [5, 5.41) is 1.60. The summed E-state index contributed by atoms with van der Waals surface area (Å²) in [5.74, 6) is -0.481. The zero-order valence-corrected chi connectivity index (χ0v) is 13.4. The van der Waals surface area contributed by atoms with Crippen LogP contribution in [0.1, 0.15) is 18.1 Å². The standard InChI is InChI=1S/C15H19N3O3S/c1-12(22(2,20)21)15(19)17-9-13-3-5-14(6-4-13)10-18-8-7-16-11-18/h3-8,11-12H,9-10H2,1-2H3,(H,17,19)/t12-/m1/s1. The molecule has 7 heteroatoms. The number of carbonyl (C=O) groups excluding carboxylic acids is 1. The Bertz CT molecular complexity index is 722. The van der Waals surface area contributed by atoms with Gasteiger partial charge >= 0.3 is 0 Å². The molecule has 0 aliphatic heterocycles. The Hall–Kier alpha value is -2.15. The number of carbonyl (C=O) groups is 1. The van der Waals surface area contributed by atoms with Crippen LogP contribution in [0.5, 0.6) is 0 Å². The van der Waals surface area contributed by atoms with Crippen molar-refractivity contribution in [3.05, 3.63) is 54.1 Å². The third-order valence-corrected chi connectivity index (χ3v) is 4.92. The van der Waals surface area contributed by atoms with Crippen LogP contribution in [0.25, 0.3) is 0 Å². The fraction of sp³-hybridized carbons (Fsp3) is 0.333. The maximum absolute atomic E-state index is 11.7.